The number of aromatic nitrogens is 1. The minimum Gasteiger partial charge on any atom is -0.486 e. The number of ether oxygens (including phenoxy) is 3. The lowest BCUT2D eigenvalue weighted by Crippen LogP contribution is -2.06. The van der Waals surface area contributed by atoms with E-state index in [1.165, 1.54) is 0 Å². The van der Waals surface area contributed by atoms with Crippen molar-refractivity contribution >= 4 is 22.6 Å². The smallest absolute Gasteiger partial charge is 0.188 e. The normalized spacial score (nSPS) is 10.8. The molecule has 0 saturated heterocycles. The third-order valence-electron chi connectivity index (χ3n) is 4.62. The second kappa shape index (κ2) is 10.0. The van der Waals surface area contributed by atoms with Crippen LogP contribution in [-0.2, 0) is 17.8 Å². The predicted molar refractivity (Wildman–Crippen MR) is 119 cm³/mol. The Labute approximate surface area is 184 Å². The molecule has 152 valence electrons. The molecule has 2 aromatic carbocycles. The number of halogens is 2. The van der Waals surface area contributed by atoms with E-state index >= 15 is 0 Å². The molecule has 0 amide bonds. The Balaban J connectivity index is 1.78. The number of benzene rings is 2. The van der Waals surface area contributed by atoms with E-state index in [-0.39, 0.29) is 18.4 Å². The Morgan fingerprint density at radius 1 is 1.00 bits per heavy atom. The molecule has 0 radical (unpaired) electrons. The number of hydrogen-bond donors (Lipinski definition) is 0. The Hall–Kier alpha value is -2.19. The van der Waals surface area contributed by atoms with Gasteiger partial charge in [-0.2, -0.15) is 0 Å². The van der Waals surface area contributed by atoms with Gasteiger partial charge >= 0.3 is 0 Å². The molecule has 0 N–H and O–H groups in total. The minimum atomic E-state index is -0.323. The lowest BCUT2D eigenvalue weighted by molar-refractivity contribution is 0.0501. The molecule has 0 fully saturated rings. The van der Waals surface area contributed by atoms with Crippen molar-refractivity contribution in [1.29, 1.82) is 0 Å². The summed E-state index contributed by atoms with van der Waals surface area (Å²) in [7, 11) is 1.57. The van der Waals surface area contributed by atoms with Crippen LogP contribution in [-0.4, -0.2) is 18.9 Å². The number of aryl methyl sites for hydroxylation is 1. The lowest BCUT2D eigenvalue weighted by Gasteiger charge is -2.16. The summed E-state index contributed by atoms with van der Waals surface area (Å²) >= 11 is 2.13. The Morgan fingerprint density at radius 3 is 2.45 bits per heavy atom. The summed E-state index contributed by atoms with van der Waals surface area (Å²) in [5, 5.41) is 0. The van der Waals surface area contributed by atoms with Gasteiger partial charge < -0.3 is 14.2 Å². The summed E-state index contributed by atoms with van der Waals surface area (Å²) in [5.74, 6) is 0.621. The summed E-state index contributed by atoms with van der Waals surface area (Å²) in [5.41, 5.74) is 4.33. The van der Waals surface area contributed by atoms with E-state index in [4.69, 9.17) is 14.2 Å². The summed E-state index contributed by atoms with van der Waals surface area (Å²) in [6, 6.07) is 15.3. The van der Waals surface area contributed by atoms with Crippen LogP contribution in [0.5, 0.6) is 11.5 Å². The van der Waals surface area contributed by atoms with Crippen LogP contribution in [0, 0.1) is 23.4 Å². The summed E-state index contributed by atoms with van der Waals surface area (Å²) in [6.07, 6.45) is 0.536. The topological polar surface area (TPSA) is 40.6 Å². The van der Waals surface area contributed by atoms with Crippen LogP contribution in [0.1, 0.15) is 27.9 Å². The molecule has 1 heterocycles. The zero-order valence-electron chi connectivity index (χ0n) is 16.7. The average molecular weight is 507 g/mol. The van der Waals surface area contributed by atoms with Crippen LogP contribution in [0.15, 0.2) is 48.5 Å². The van der Waals surface area contributed by atoms with Crippen molar-refractivity contribution in [3.8, 4) is 11.5 Å². The zero-order valence-corrected chi connectivity index (χ0v) is 18.8. The van der Waals surface area contributed by atoms with E-state index in [0.717, 1.165) is 26.1 Å². The number of nitrogens with zero attached hydrogens (tertiary/aromatic N) is 1. The number of rotatable bonds is 8. The first-order valence-corrected chi connectivity index (χ1v) is 10.3. The van der Waals surface area contributed by atoms with E-state index in [1.807, 2.05) is 49.4 Å². The van der Waals surface area contributed by atoms with Crippen LogP contribution < -0.4 is 9.47 Å². The number of pyridine rings is 1. The SMILES string of the molecule is COCOc1ccc(Cc2c(C)cc(OCc3ccccc3)c(F)c2C)nc1I. The maximum Gasteiger partial charge on any atom is 0.188 e. The van der Waals surface area contributed by atoms with Gasteiger partial charge in [-0.15, -0.1) is 0 Å². The minimum absolute atomic E-state index is 0.172. The van der Waals surface area contributed by atoms with Crippen molar-refractivity contribution in [2.75, 3.05) is 13.9 Å². The molecule has 3 aromatic rings. The average Bonchev–Trinajstić information content (AvgIpc) is 2.73. The quantitative estimate of drug-likeness (QED) is 0.226. The molecule has 4 nitrogen and oxygen atoms in total. The standard InChI is InChI=1S/C23H23FINO3/c1-15-11-21(28-13-17-7-5-4-6-8-17)22(24)16(2)19(15)12-18-9-10-20(23(25)26-18)29-14-27-3/h4-11H,12-14H2,1-3H3. The highest BCUT2D eigenvalue weighted by Crippen LogP contribution is 2.29. The van der Waals surface area contributed by atoms with Gasteiger partial charge in [0.25, 0.3) is 0 Å². The molecule has 0 bridgehead atoms. The van der Waals surface area contributed by atoms with Crippen molar-refractivity contribution < 1.29 is 18.6 Å². The third-order valence-corrected chi connectivity index (χ3v) is 5.39. The fourth-order valence-corrected chi connectivity index (χ4v) is 3.69. The van der Waals surface area contributed by atoms with Gasteiger partial charge in [-0.25, -0.2) is 9.37 Å². The van der Waals surface area contributed by atoms with Gasteiger partial charge in [-0.3, -0.25) is 0 Å². The van der Waals surface area contributed by atoms with E-state index in [9.17, 15) is 4.39 Å². The van der Waals surface area contributed by atoms with Gasteiger partial charge in [0.15, 0.2) is 24.1 Å². The highest BCUT2D eigenvalue weighted by molar-refractivity contribution is 14.1. The Bertz CT molecular complexity index is 980. The van der Waals surface area contributed by atoms with Crippen molar-refractivity contribution in [3.63, 3.8) is 0 Å². The number of hydrogen-bond acceptors (Lipinski definition) is 4. The summed E-state index contributed by atoms with van der Waals surface area (Å²) < 4.78 is 31.8. The maximum absolute atomic E-state index is 14.9. The number of methoxy groups -OCH3 is 1. The highest BCUT2D eigenvalue weighted by Gasteiger charge is 2.16. The largest absolute Gasteiger partial charge is 0.486 e. The molecule has 0 aliphatic rings. The van der Waals surface area contributed by atoms with Gasteiger partial charge in [0.2, 0.25) is 0 Å². The van der Waals surface area contributed by atoms with Gasteiger partial charge in [-0.1, -0.05) is 30.3 Å². The molecule has 0 atom stereocenters. The first-order valence-electron chi connectivity index (χ1n) is 9.22. The molecule has 0 aliphatic heterocycles. The third kappa shape index (κ3) is 5.45. The first-order chi connectivity index (χ1) is 14.0. The fraction of sp³-hybridized carbons (Fsp3) is 0.261. The Morgan fingerprint density at radius 2 is 1.76 bits per heavy atom. The van der Waals surface area contributed by atoms with Crippen molar-refractivity contribution in [2.45, 2.75) is 26.9 Å². The zero-order chi connectivity index (χ0) is 20.8. The van der Waals surface area contributed by atoms with Crippen molar-refractivity contribution in [1.82, 2.24) is 4.98 Å². The molecule has 0 saturated carbocycles. The van der Waals surface area contributed by atoms with Crippen LogP contribution in [0.3, 0.4) is 0 Å². The predicted octanol–water partition coefficient (Wildman–Crippen LogP) is 5.59. The van der Waals surface area contributed by atoms with Crippen LogP contribution in [0.2, 0.25) is 0 Å². The van der Waals surface area contributed by atoms with Gasteiger partial charge in [0, 0.05) is 19.2 Å². The molecular formula is C23H23FINO3. The molecule has 1 aromatic heterocycles. The van der Waals surface area contributed by atoms with Crippen molar-refractivity contribution in [2.24, 2.45) is 0 Å². The Kier molecular flexibility index (Phi) is 7.44. The molecular weight excluding hydrogens is 484 g/mol. The first kappa shape index (κ1) is 21.5. The van der Waals surface area contributed by atoms with E-state index in [1.54, 1.807) is 20.1 Å². The summed E-state index contributed by atoms with van der Waals surface area (Å²) in [6.45, 7) is 4.26. The van der Waals surface area contributed by atoms with E-state index in [0.29, 0.717) is 24.3 Å². The second-order valence-electron chi connectivity index (χ2n) is 6.70. The van der Waals surface area contributed by atoms with E-state index in [2.05, 4.69) is 27.6 Å². The van der Waals surface area contributed by atoms with E-state index < -0.39 is 0 Å². The second-order valence-corrected chi connectivity index (χ2v) is 7.72. The monoisotopic (exact) mass is 507 g/mol. The molecule has 3 rings (SSSR count). The van der Waals surface area contributed by atoms with Crippen LogP contribution in [0.4, 0.5) is 4.39 Å². The van der Waals surface area contributed by atoms with Gasteiger partial charge in [-0.05, 0) is 76.9 Å². The molecule has 29 heavy (non-hydrogen) atoms. The maximum atomic E-state index is 14.9. The molecule has 0 aliphatic carbocycles. The molecule has 0 spiro atoms. The van der Waals surface area contributed by atoms with Crippen LogP contribution >= 0.6 is 22.6 Å². The van der Waals surface area contributed by atoms with Crippen LogP contribution in [0.25, 0.3) is 0 Å². The lowest BCUT2D eigenvalue weighted by atomic mass is 9.97. The van der Waals surface area contributed by atoms with Crippen molar-refractivity contribution in [3.05, 3.63) is 86.0 Å². The highest BCUT2D eigenvalue weighted by atomic mass is 127. The molecule has 6 heteroatoms. The fourth-order valence-electron chi connectivity index (χ4n) is 3.04. The van der Waals surface area contributed by atoms with Gasteiger partial charge in [0.05, 0.1) is 0 Å². The molecule has 0 unspecified atom stereocenters. The summed E-state index contributed by atoms with van der Waals surface area (Å²) in [4.78, 5) is 4.58. The van der Waals surface area contributed by atoms with Gasteiger partial charge in [0.1, 0.15) is 10.3 Å².